The molecule has 5 aliphatic rings. The fourth-order valence-electron chi connectivity index (χ4n) is 6.83. The molecular weight excluding hydrogens is 471 g/mol. The molecule has 5 N–H and O–H groups in total. The third-order valence-corrected chi connectivity index (χ3v) is 10.3. The Labute approximate surface area is 199 Å². The Morgan fingerprint density at radius 2 is 1.91 bits per heavy atom. The van der Waals surface area contributed by atoms with Crippen LogP contribution < -0.4 is 15.4 Å². The zero-order valence-corrected chi connectivity index (χ0v) is 19.8. The van der Waals surface area contributed by atoms with Crippen molar-refractivity contribution in [2.75, 3.05) is 23.9 Å². The molecule has 1 heterocycles. The first-order chi connectivity index (χ1) is 15.6. The highest BCUT2D eigenvalue weighted by molar-refractivity contribution is 8.23. The molecule has 0 aromatic heterocycles. The smallest absolute Gasteiger partial charge is 0.236 e. The Morgan fingerprint density at radius 1 is 1.21 bits per heavy atom. The van der Waals surface area contributed by atoms with Crippen LogP contribution >= 0.6 is 22.6 Å². The van der Waals surface area contributed by atoms with Crippen molar-refractivity contribution in [1.82, 2.24) is 9.62 Å². The second-order valence-corrected chi connectivity index (χ2v) is 12.5. The van der Waals surface area contributed by atoms with Gasteiger partial charge in [0.1, 0.15) is 5.82 Å². The van der Waals surface area contributed by atoms with Gasteiger partial charge >= 0.3 is 0 Å². The molecule has 2 unspecified atom stereocenters. The van der Waals surface area contributed by atoms with Crippen LogP contribution in [0.1, 0.15) is 38.5 Å². The summed E-state index contributed by atoms with van der Waals surface area (Å²) in [6.45, 7) is 0.503. The van der Waals surface area contributed by atoms with E-state index in [1.54, 1.807) is 0 Å². The molecule has 5 fully saturated rings. The normalized spacial score (nSPS) is 35.9. The van der Waals surface area contributed by atoms with Gasteiger partial charge in [0.2, 0.25) is 11.8 Å². The second kappa shape index (κ2) is 8.27. The number of anilines is 1. The van der Waals surface area contributed by atoms with E-state index in [0.29, 0.717) is 31.1 Å². The van der Waals surface area contributed by atoms with Gasteiger partial charge in [-0.3, -0.25) is 23.0 Å². The number of carbonyl (C=O) groups is 2. The lowest BCUT2D eigenvalue weighted by Crippen LogP contribution is -2.62. The molecular formula is C22H30ClFN4O4S. The van der Waals surface area contributed by atoms with Crippen molar-refractivity contribution < 1.29 is 23.1 Å². The molecule has 182 valence electrons. The van der Waals surface area contributed by atoms with E-state index in [2.05, 4.69) is 5.32 Å². The van der Waals surface area contributed by atoms with Gasteiger partial charge in [0.15, 0.2) is 0 Å². The minimum atomic E-state index is -3.49. The number of primary amides is 1. The van der Waals surface area contributed by atoms with Crippen LogP contribution in [0.4, 0.5) is 10.1 Å². The average molecular weight is 501 g/mol. The summed E-state index contributed by atoms with van der Waals surface area (Å²) in [6.07, 6.45) is 4.88. The lowest BCUT2D eigenvalue weighted by molar-refractivity contribution is -0.147. The fourth-order valence-corrected chi connectivity index (χ4v) is 8.89. The maximum absolute atomic E-state index is 13.5. The Kier molecular flexibility index (Phi) is 5.80. The van der Waals surface area contributed by atoms with E-state index in [-0.39, 0.29) is 41.3 Å². The highest BCUT2D eigenvalue weighted by Crippen LogP contribution is 2.60. The Balaban J connectivity index is 1.27. The summed E-state index contributed by atoms with van der Waals surface area (Å²) in [7, 11) is -3.49. The second-order valence-electron chi connectivity index (χ2n) is 10.1. The van der Waals surface area contributed by atoms with E-state index in [1.165, 1.54) is 20.7 Å². The minimum absolute atomic E-state index is 0.0178. The lowest BCUT2D eigenvalue weighted by atomic mass is 9.47. The molecule has 6 rings (SSSR count). The third-order valence-electron chi connectivity index (χ3n) is 8.03. The number of nitrogens with one attached hydrogen (secondary N) is 1. The van der Waals surface area contributed by atoms with Gasteiger partial charge in [-0.05, 0) is 85.4 Å². The Morgan fingerprint density at radius 3 is 2.55 bits per heavy atom. The molecule has 11 heteroatoms. The molecule has 1 aliphatic heterocycles. The molecule has 2 amide bonds. The average Bonchev–Trinajstić information content (AvgIpc) is 2.72. The maximum atomic E-state index is 13.5. The van der Waals surface area contributed by atoms with Gasteiger partial charge in [-0.1, -0.05) is 11.6 Å². The van der Waals surface area contributed by atoms with Gasteiger partial charge in [-0.2, -0.15) is 4.31 Å². The zero-order valence-electron chi connectivity index (χ0n) is 18.3. The quantitative estimate of drug-likeness (QED) is 0.492. The lowest BCUT2D eigenvalue weighted by Gasteiger charge is -2.59. The summed E-state index contributed by atoms with van der Waals surface area (Å²) < 4.78 is 38.2. The largest absolute Gasteiger partial charge is 0.369 e. The maximum Gasteiger partial charge on any atom is 0.236 e. The first-order valence-electron chi connectivity index (χ1n) is 11.4. The van der Waals surface area contributed by atoms with Crippen molar-refractivity contribution in [3.05, 3.63) is 29.0 Å². The van der Waals surface area contributed by atoms with E-state index in [9.17, 15) is 23.1 Å². The van der Waals surface area contributed by atoms with Crippen LogP contribution in [0.25, 0.3) is 0 Å². The van der Waals surface area contributed by atoms with Crippen molar-refractivity contribution >= 4 is 40.1 Å². The predicted molar refractivity (Wildman–Crippen MR) is 125 cm³/mol. The van der Waals surface area contributed by atoms with Crippen LogP contribution in [-0.4, -0.2) is 50.9 Å². The number of hydrogen-bond donors (Lipinski definition) is 4. The summed E-state index contributed by atoms with van der Waals surface area (Å²) in [5.41, 5.74) is 5.65. The van der Waals surface area contributed by atoms with E-state index in [0.717, 1.165) is 38.2 Å². The minimum Gasteiger partial charge on any atom is -0.369 e. The molecule has 1 saturated heterocycles. The molecule has 2 atom stereocenters. The molecule has 0 radical (unpaired) electrons. The molecule has 8 nitrogen and oxygen atoms in total. The monoisotopic (exact) mass is 500 g/mol. The van der Waals surface area contributed by atoms with E-state index in [1.807, 2.05) is 0 Å². The molecule has 4 aliphatic carbocycles. The van der Waals surface area contributed by atoms with Crippen LogP contribution in [0.2, 0.25) is 5.02 Å². The predicted octanol–water partition coefficient (Wildman–Crippen LogP) is 3.37. The van der Waals surface area contributed by atoms with Crippen molar-refractivity contribution in [2.24, 2.45) is 28.9 Å². The first kappa shape index (κ1) is 23.2. The van der Waals surface area contributed by atoms with Gasteiger partial charge < -0.3 is 11.1 Å². The van der Waals surface area contributed by atoms with Crippen molar-refractivity contribution in [2.45, 2.75) is 44.6 Å². The summed E-state index contributed by atoms with van der Waals surface area (Å²) in [4.78, 5) is 25.2. The fraction of sp³-hybridized carbons (Fsp3) is 0.636. The van der Waals surface area contributed by atoms with Crippen LogP contribution in [0, 0.1) is 29.0 Å². The number of carbonyl (C=O) groups excluding carboxylic acids is 2. The zero-order chi connectivity index (χ0) is 23.5. The number of hydrogen-bond acceptors (Lipinski definition) is 6. The molecule has 1 aromatic rings. The van der Waals surface area contributed by atoms with Crippen LogP contribution in [0.3, 0.4) is 0 Å². The SMILES string of the molecule is NC(=O)C12CC3CC(C1)C(NC(=O)CN1CCCN(c4ccc(F)cc4Cl)S1(O)O)C(C3)C2. The molecule has 0 spiro atoms. The van der Waals surface area contributed by atoms with Crippen LogP contribution in [-0.2, 0) is 9.59 Å². The highest BCUT2D eigenvalue weighted by Gasteiger charge is 2.58. The molecule has 4 saturated carbocycles. The number of benzene rings is 1. The number of amides is 2. The van der Waals surface area contributed by atoms with Crippen molar-refractivity contribution in [3.8, 4) is 0 Å². The van der Waals surface area contributed by atoms with Gasteiger partial charge in [-0.15, -0.1) is 0 Å². The molecule has 1 aromatic carbocycles. The van der Waals surface area contributed by atoms with E-state index < -0.39 is 22.2 Å². The van der Waals surface area contributed by atoms with Gasteiger partial charge in [0.05, 0.1) is 17.3 Å². The summed E-state index contributed by atoms with van der Waals surface area (Å²) in [5.74, 6) is -0.0533. The Bertz CT molecular complexity index is 966. The van der Waals surface area contributed by atoms with Crippen molar-refractivity contribution in [1.29, 1.82) is 0 Å². The van der Waals surface area contributed by atoms with Gasteiger partial charge in [0.25, 0.3) is 0 Å². The topological polar surface area (TPSA) is 119 Å². The highest BCUT2D eigenvalue weighted by atomic mass is 35.5. The molecule has 4 bridgehead atoms. The van der Waals surface area contributed by atoms with Crippen LogP contribution in [0.15, 0.2) is 18.2 Å². The summed E-state index contributed by atoms with van der Waals surface area (Å²) in [5, 5.41) is 3.22. The first-order valence-corrected chi connectivity index (χ1v) is 13.3. The van der Waals surface area contributed by atoms with Crippen molar-refractivity contribution in [3.63, 3.8) is 0 Å². The van der Waals surface area contributed by atoms with E-state index in [4.69, 9.17) is 17.3 Å². The number of nitrogens with two attached hydrogens (primary N) is 1. The summed E-state index contributed by atoms with van der Waals surface area (Å²) in [6, 6.07) is 3.74. The van der Waals surface area contributed by atoms with Crippen LogP contribution in [0.5, 0.6) is 0 Å². The van der Waals surface area contributed by atoms with Gasteiger partial charge in [-0.25, -0.2) is 4.39 Å². The number of rotatable bonds is 5. The van der Waals surface area contributed by atoms with Gasteiger partial charge in [0, 0.05) is 24.5 Å². The molecule has 33 heavy (non-hydrogen) atoms. The van der Waals surface area contributed by atoms with E-state index >= 15 is 0 Å². The third kappa shape index (κ3) is 3.99. The standard InChI is InChI=1S/C22H30ClFN4O4S/c23-17-8-16(24)2-3-18(17)28-5-1-4-27(33(28,31)32)12-19(29)26-20-14-6-13-7-15(20)11-22(9-13,10-14)21(25)30/h2-3,8,13-15,20,31-32H,1,4-7,9-12H2,(H2,25,30)(H,26,29). The summed E-state index contributed by atoms with van der Waals surface area (Å²) >= 11 is 6.15. The number of nitrogens with zero attached hydrogens (tertiary/aromatic N) is 2. The number of halogens is 2. The Hall–Kier alpha value is -1.59.